The number of anilines is 1. The number of primary sulfonamides is 1. The SMILES string of the molecule is CC(CNc1nc2ccncc2n1C)S(N)(=O)=O. The number of rotatable bonds is 4. The van der Waals surface area contributed by atoms with Crippen LogP contribution in [-0.2, 0) is 17.1 Å². The minimum absolute atomic E-state index is 0.212. The first-order valence-electron chi connectivity index (χ1n) is 5.41. The summed E-state index contributed by atoms with van der Waals surface area (Å²) in [5.41, 5.74) is 1.68. The highest BCUT2D eigenvalue weighted by atomic mass is 32.2. The van der Waals surface area contributed by atoms with E-state index in [0.29, 0.717) is 5.95 Å². The number of nitrogens with zero attached hydrogens (tertiary/aromatic N) is 3. The molecule has 7 nitrogen and oxygen atoms in total. The lowest BCUT2D eigenvalue weighted by Crippen LogP contribution is -2.32. The normalized spacial score (nSPS) is 13.7. The molecule has 2 aromatic rings. The van der Waals surface area contributed by atoms with Gasteiger partial charge in [0.1, 0.15) is 0 Å². The molecule has 98 valence electrons. The molecular formula is C10H15N5O2S. The molecule has 2 rings (SSSR count). The molecule has 2 heterocycles. The summed E-state index contributed by atoms with van der Waals surface area (Å²) in [5, 5.41) is 7.35. The number of nitrogens with two attached hydrogens (primary N) is 1. The minimum Gasteiger partial charge on any atom is -0.354 e. The summed E-state index contributed by atoms with van der Waals surface area (Å²) >= 11 is 0. The second kappa shape index (κ2) is 4.54. The van der Waals surface area contributed by atoms with Crippen molar-refractivity contribution in [1.82, 2.24) is 14.5 Å². The number of imidazole rings is 1. The number of hydrogen-bond donors (Lipinski definition) is 2. The molecule has 0 amide bonds. The van der Waals surface area contributed by atoms with Gasteiger partial charge in [-0.1, -0.05) is 0 Å². The van der Waals surface area contributed by atoms with Gasteiger partial charge in [-0.25, -0.2) is 18.5 Å². The maximum Gasteiger partial charge on any atom is 0.213 e. The fraction of sp³-hybridized carbons (Fsp3) is 0.400. The van der Waals surface area contributed by atoms with Crippen molar-refractivity contribution in [3.63, 3.8) is 0 Å². The van der Waals surface area contributed by atoms with E-state index in [2.05, 4.69) is 15.3 Å². The Morgan fingerprint density at radius 1 is 1.56 bits per heavy atom. The number of nitrogens with one attached hydrogen (secondary N) is 1. The Bertz CT molecular complexity index is 664. The van der Waals surface area contributed by atoms with Crippen LogP contribution in [0.15, 0.2) is 18.5 Å². The summed E-state index contributed by atoms with van der Waals surface area (Å²) in [6, 6.07) is 1.80. The first-order valence-corrected chi connectivity index (χ1v) is 7.02. The molecular weight excluding hydrogens is 254 g/mol. The smallest absolute Gasteiger partial charge is 0.213 e. The van der Waals surface area contributed by atoms with Gasteiger partial charge in [0.15, 0.2) is 0 Å². The molecule has 3 N–H and O–H groups in total. The zero-order chi connectivity index (χ0) is 13.3. The Labute approximate surface area is 105 Å². The van der Waals surface area contributed by atoms with Gasteiger partial charge in [-0.2, -0.15) is 0 Å². The van der Waals surface area contributed by atoms with Crippen LogP contribution in [0.1, 0.15) is 6.92 Å². The Morgan fingerprint density at radius 2 is 2.28 bits per heavy atom. The summed E-state index contributed by atoms with van der Waals surface area (Å²) in [6.07, 6.45) is 3.36. The largest absolute Gasteiger partial charge is 0.354 e. The standard InChI is InChI=1S/C10H15N5O2S/c1-7(18(11,16)17)5-13-10-14-8-3-4-12-6-9(8)15(10)2/h3-4,6-7H,5H2,1-2H3,(H,13,14)(H2,11,16,17). The van der Waals surface area contributed by atoms with Gasteiger partial charge in [0.05, 0.1) is 22.5 Å². The monoisotopic (exact) mass is 269 g/mol. The second-order valence-electron chi connectivity index (χ2n) is 4.14. The van der Waals surface area contributed by atoms with Crippen molar-refractivity contribution in [1.29, 1.82) is 0 Å². The first kappa shape index (κ1) is 12.8. The predicted octanol–water partition coefficient (Wildman–Crippen LogP) is 0.0572. The Hall–Kier alpha value is -1.67. The number of hydrogen-bond acceptors (Lipinski definition) is 5. The van der Waals surface area contributed by atoms with Gasteiger partial charge in [0.2, 0.25) is 16.0 Å². The maximum atomic E-state index is 11.1. The zero-order valence-corrected chi connectivity index (χ0v) is 11.0. The minimum atomic E-state index is -3.53. The van der Waals surface area contributed by atoms with Gasteiger partial charge in [0, 0.05) is 19.8 Å². The Morgan fingerprint density at radius 3 is 2.89 bits per heavy atom. The fourth-order valence-corrected chi connectivity index (χ4v) is 1.86. The lowest BCUT2D eigenvalue weighted by molar-refractivity contribution is 0.587. The van der Waals surface area contributed by atoms with Crippen LogP contribution in [0.2, 0.25) is 0 Å². The first-order chi connectivity index (χ1) is 8.39. The average molecular weight is 269 g/mol. The molecule has 18 heavy (non-hydrogen) atoms. The van der Waals surface area contributed by atoms with Crippen LogP contribution < -0.4 is 10.5 Å². The van der Waals surface area contributed by atoms with Crippen molar-refractivity contribution >= 4 is 27.0 Å². The molecule has 0 aliphatic heterocycles. The van der Waals surface area contributed by atoms with Crippen LogP contribution in [-0.4, -0.2) is 34.7 Å². The van der Waals surface area contributed by atoms with Gasteiger partial charge in [-0.05, 0) is 13.0 Å². The van der Waals surface area contributed by atoms with Gasteiger partial charge < -0.3 is 9.88 Å². The van der Waals surface area contributed by atoms with E-state index < -0.39 is 15.3 Å². The highest BCUT2D eigenvalue weighted by Gasteiger charge is 2.16. The molecule has 0 saturated carbocycles. The van der Waals surface area contributed by atoms with Gasteiger partial charge in [-0.3, -0.25) is 4.98 Å². The van der Waals surface area contributed by atoms with Crippen LogP contribution >= 0.6 is 0 Å². The van der Waals surface area contributed by atoms with E-state index in [1.165, 1.54) is 0 Å². The molecule has 8 heteroatoms. The van der Waals surface area contributed by atoms with Crippen LogP contribution in [0.3, 0.4) is 0 Å². The quantitative estimate of drug-likeness (QED) is 0.816. The maximum absolute atomic E-state index is 11.1. The van der Waals surface area contributed by atoms with Crippen molar-refractivity contribution in [3.8, 4) is 0 Å². The molecule has 2 aromatic heterocycles. The van der Waals surface area contributed by atoms with E-state index in [4.69, 9.17) is 5.14 Å². The number of fused-ring (bicyclic) bond motifs is 1. The number of aryl methyl sites for hydroxylation is 1. The zero-order valence-electron chi connectivity index (χ0n) is 10.2. The average Bonchev–Trinajstić information content (AvgIpc) is 2.63. The third kappa shape index (κ3) is 2.44. The van der Waals surface area contributed by atoms with Crippen molar-refractivity contribution in [2.75, 3.05) is 11.9 Å². The van der Waals surface area contributed by atoms with Crippen molar-refractivity contribution in [2.45, 2.75) is 12.2 Å². The molecule has 0 saturated heterocycles. The molecule has 1 atom stereocenters. The number of aromatic nitrogens is 3. The van der Waals surface area contributed by atoms with Crippen LogP contribution in [0.4, 0.5) is 5.95 Å². The second-order valence-corrected chi connectivity index (χ2v) is 6.12. The highest BCUT2D eigenvalue weighted by Crippen LogP contribution is 2.16. The molecule has 0 radical (unpaired) electrons. The number of pyridine rings is 1. The van der Waals surface area contributed by atoms with E-state index >= 15 is 0 Å². The molecule has 0 aromatic carbocycles. The van der Waals surface area contributed by atoms with Crippen molar-refractivity contribution in [2.24, 2.45) is 12.2 Å². The van der Waals surface area contributed by atoms with Crippen molar-refractivity contribution in [3.05, 3.63) is 18.5 Å². The van der Waals surface area contributed by atoms with E-state index in [1.807, 2.05) is 11.6 Å². The fourth-order valence-electron chi connectivity index (χ4n) is 1.54. The summed E-state index contributed by atoms with van der Waals surface area (Å²) in [5.74, 6) is 0.591. The third-order valence-corrected chi connectivity index (χ3v) is 4.08. The Kier molecular flexibility index (Phi) is 3.22. The van der Waals surface area contributed by atoms with E-state index in [1.54, 1.807) is 25.4 Å². The van der Waals surface area contributed by atoms with Gasteiger partial charge in [-0.15, -0.1) is 0 Å². The van der Waals surface area contributed by atoms with Crippen LogP contribution in [0.25, 0.3) is 11.0 Å². The van der Waals surface area contributed by atoms with E-state index in [0.717, 1.165) is 11.0 Å². The summed E-state index contributed by atoms with van der Waals surface area (Å²) in [4.78, 5) is 8.36. The van der Waals surface area contributed by atoms with Crippen LogP contribution in [0.5, 0.6) is 0 Å². The van der Waals surface area contributed by atoms with Crippen LogP contribution in [0, 0.1) is 0 Å². The van der Waals surface area contributed by atoms with Gasteiger partial charge >= 0.3 is 0 Å². The summed E-state index contributed by atoms with van der Waals surface area (Å²) in [7, 11) is -1.69. The summed E-state index contributed by atoms with van der Waals surface area (Å²) < 4.78 is 24.0. The predicted molar refractivity (Wildman–Crippen MR) is 69.6 cm³/mol. The molecule has 0 aliphatic rings. The van der Waals surface area contributed by atoms with Crippen molar-refractivity contribution < 1.29 is 8.42 Å². The molecule has 0 fully saturated rings. The Balaban J connectivity index is 2.20. The molecule has 1 unspecified atom stereocenters. The topological polar surface area (TPSA) is 103 Å². The lowest BCUT2D eigenvalue weighted by Gasteiger charge is -2.10. The highest BCUT2D eigenvalue weighted by molar-refractivity contribution is 7.89. The van der Waals surface area contributed by atoms with E-state index in [-0.39, 0.29) is 6.54 Å². The number of sulfonamides is 1. The summed E-state index contributed by atoms with van der Waals surface area (Å²) in [6.45, 7) is 1.76. The molecule has 0 aliphatic carbocycles. The third-order valence-electron chi connectivity index (χ3n) is 2.79. The molecule has 0 spiro atoms. The lowest BCUT2D eigenvalue weighted by atomic mass is 10.4. The molecule has 0 bridgehead atoms. The van der Waals surface area contributed by atoms with E-state index in [9.17, 15) is 8.42 Å². The van der Waals surface area contributed by atoms with Gasteiger partial charge in [0.25, 0.3) is 0 Å².